The molecule has 0 radical (unpaired) electrons. The first-order valence-electron chi connectivity index (χ1n) is 10.8. The van der Waals surface area contributed by atoms with Crippen molar-refractivity contribution in [2.24, 2.45) is 5.92 Å². The van der Waals surface area contributed by atoms with Crippen molar-refractivity contribution in [3.05, 3.63) is 52.9 Å². The number of nitrogens with zero attached hydrogens (tertiary/aromatic N) is 3. The predicted molar refractivity (Wildman–Crippen MR) is 125 cm³/mol. The molecule has 4 rings (SSSR count). The summed E-state index contributed by atoms with van der Waals surface area (Å²) in [4.78, 5) is 32.4. The van der Waals surface area contributed by atoms with Gasteiger partial charge in [0.25, 0.3) is 0 Å². The van der Waals surface area contributed by atoms with Crippen LogP contribution in [0.25, 0.3) is 10.9 Å². The van der Waals surface area contributed by atoms with E-state index in [4.69, 9.17) is 9.47 Å². The van der Waals surface area contributed by atoms with Crippen LogP contribution in [0, 0.1) is 5.92 Å². The molecule has 1 fully saturated rings. The number of hydrogen-bond acceptors (Lipinski definition) is 6. The van der Waals surface area contributed by atoms with Crippen molar-refractivity contribution in [2.45, 2.75) is 26.3 Å². The fraction of sp³-hybridized carbons (Fsp3) is 0.375. The highest BCUT2D eigenvalue weighted by Gasteiger charge is 2.22. The van der Waals surface area contributed by atoms with Gasteiger partial charge in [0, 0.05) is 24.5 Å². The van der Waals surface area contributed by atoms with Crippen molar-refractivity contribution in [2.75, 3.05) is 37.5 Å². The number of carbonyl (C=O) groups excluding carboxylic acids is 1. The normalized spacial score (nSPS) is 16.1. The summed E-state index contributed by atoms with van der Waals surface area (Å²) in [7, 11) is 3.08. The average Bonchev–Trinajstić information content (AvgIpc) is 2.81. The minimum Gasteiger partial charge on any atom is -0.497 e. The van der Waals surface area contributed by atoms with Gasteiger partial charge in [-0.2, -0.15) is 4.98 Å². The number of ether oxygens (including phenoxy) is 2. The molecule has 168 valence electrons. The van der Waals surface area contributed by atoms with Crippen LogP contribution in [0.1, 0.15) is 19.8 Å². The molecule has 1 aromatic heterocycles. The van der Waals surface area contributed by atoms with Gasteiger partial charge in [0.05, 0.1) is 25.4 Å². The van der Waals surface area contributed by atoms with Gasteiger partial charge in [0.1, 0.15) is 23.9 Å². The number of methoxy groups -OCH3 is 2. The number of anilines is 2. The number of piperidine rings is 1. The zero-order chi connectivity index (χ0) is 22.7. The maximum absolute atomic E-state index is 13.0. The first kappa shape index (κ1) is 21.7. The molecule has 3 aromatic rings. The number of fused-ring (bicyclic) bond motifs is 1. The molecule has 8 heteroatoms. The van der Waals surface area contributed by atoms with E-state index in [1.165, 1.54) is 18.1 Å². The van der Waals surface area contributed by atoms with Crippen molar-refractivity contribution >= 4 is 28.3 Å². The van der Waals surface area contributed by atoms with Gasteiger partial charge in [-0.1, -0.05) is 19.1 Å². The molecule has 32 heavy (non-hydrogen) atoms. The first-order chi connectivity index (χ1) is 15.5. The lowest BCUT2D eigenvalue weighted by Gasteiger charge is -2.32. The monoisotopic (exact) mass is 436 g/mol. The Kier molecular flexibility index (Phi) is 6.30. The predicted octanol–water partition coefficient (Wildman–Crippen LogP) is 3.29. The van der Waals surface area contributed by atoms with Gasteiger partial charge in [0.2, 0.25) is 5.91 Å². The summed E-state index contributed by atoms with van der Waals surface area (Å²) < 4.78 is 12.0. The third-order valence-corrected chi connectivity index (χ3v) is 5.81. The molecule has 2 aromatic carbocycles. The fourth-order valence-corrected chi connectivity index (χ4v) is 4.22. The quantitative estimate of drug-likeness (QED) is 0.638. The lowest BCUT2D eigenvalue weighted by molar-refractivity contribution is -0.116. The molecule has 2 heterocycles. The van der Waals surface area contributed by atoms with E-state index in [1.807, 2.05) is 24.3 Å². The van der Waals surface area contributed by atoms with E-state index in [1.54, 1.807) is 25.3 Å². The van der Waals surface area contributed by atoms with Gasteiger partial charge in [0.15, 0.2) is 0 Å². The largest absolute Gasteiger partial charge is 0.497 e. The second kappa shape index (κ2) is 9.30. The number of nitrogens with one attached hydrogen (secondary N) is 1. The Hall–Kier alpha value is -3.55. The highest BCUT2D eigenvalue weighted by molar-refractivity contribution is 5.94. The molecule has 1 unspecified atom stereocenters. The third kappa shape index (κ3) is 4.39. The summed E-state index contributed by atoms with van der Waals surface area (Å²) in [6, 6.07) is 12.7. The van der Waals surface area contributed by atoms with Crippen LogP contribution in [-0.2, 0) is 11.3 Å². The summed E-state index contributed by atoms with van der Waals surface area (Å²) in [5.74, 6) is 2.00. The fourth-order valence-electron chi connectivity index (χ4n) is 4.22. The van der Waals surface area contributed by atoms with Gasteiger partial charge in [-0.3, -0.25) is 9.36 Å². The molecule has 0 saturated carbocycles. The van der Waals surface area contributed by atoms with Gasteiger partial charge in [-0.05, 0) is 43.0 Å². The molecule has 1 aliphatic heterocycles. The van der Waals surface area contributed by atoms with E-state index >= 15 is 0 Å². The van der Waals surface area contributed by atoms with E-state index in [9.17, 15) is 9.59 Å². The number of para-hydroxylation sites is 1. The van der Waals surface area contributed by atoms with Crippen LogP contribution >= 0.6 is 0 Å². The summed E-state index contributed by atoms with van der Waals surface area (Å²) in [6.45, 7) is 3.81. The molecule has 1 aliphatic rings. The van der Waals surface area contributed by atoms with E-state index in [-0.39, 0.29) is 12.5 Å². The number of amides is 1. The van der Waals surface area contributed by atoms with Gasteiger partial charge in [-0.15, -0.1) is 0 Å². The smallest absolute Gasteiger partial charge is 0.350 e. The molecular weight excluding hydrogens is 408 g/mol. The third-order valence-electron chi connectivity index (χ3n) is 5.81. The van der Waals surface area contributed by atoms with E-state index < -0.39 is 5.69 Å². The van der Waals surface area contributed by atoms with Crippen LogP contribution in [-0.4, -0.2) is 42.8 Å². The van der Waals surface area contributed by atoms with Gasteiger partial charge >= 0.3 is 5.69 Å². The second-order valence-electron chi connectivity index (χ2n) is 8.13. The molecular formula is C24H28N4O4. The maximum Gasteiger partial charge on any atom is 0.350 e. The van der Waals surface area contributed by atoms with Crippen molar-refractivity contribution in [1.82, 2.24) is 9.55 Å². The van der Waals surface area contributed by atoms with Crippen LogP contribution < -0.4 is 25.4 Å². The molecule has 1 amide bonds. The van der Waals surface area contributed by atoms with E-state index in [0.29, 0.717) is 34.4 Å². The van der Waals surface area contributed by atoms with Crippen LogP contribution in [0.4, 0.5) is 11.5 Å². The first-order valence-corrected chi connectivity index (χ1v) is 10.8. The topological polar surface area (TPSA) is 85.7 Å². The van der Waals surface area contributed by atoms with Gasteiger partial charge < -0.3 is 19.7 Å². The molecule has 1 saturated heterocycles. The molecule has 1 atom stereocenters. The molecule has 0 aliphatic carbocycles. The maximum atomic E-state index is 13.0. The van der Waals surface area contributed by atoms with Crippen LogP contribution in [0.3, 0.4) is 0 Å². The Morgan fingerprint density at radius 1 is 1.19 bits per heavy atom. The minimum atomic E-state index is -0.436. The number of benzene rings is 2. The number of rotatable bonds is 6. The molecule has 1 N–H and O–H groups in total. The number of carbonyl (C=O) groups is 1. The zero-order valence-electron chi connectivity index (χ0n) is 18.6. The Labute approximate surface area is 186 Å². The number of hydrogen-bond donors (Lipinski definition) is 1. The van der Waals surface area contributed by atoms with Crippen molar-refractivity contribution in [3.63, 3.8) is 0 Å². The highest BCUT2D eigenvalue weighted by Crippen LogP contribution is 2.30. The Morgan fingerprint density at radius 3 is 2.75 bits per heavy atom. The minimum absolute atomic E-state index is 0.155. The SMILES string of the molecule is COc1ccc(NC(=O)Cn2c(=O)nc(N3CCCC(C)C3)c3ccccc32)c(OC)c1. The van der Waals surface area contributed by atoms with Crippen molar-refractivity contribution in [3.8, 4) is 11.5 Å². The Bertz CT molecular complexity index is 1190. The Balaban J connectivity index is 1.64. The standard InChI is InChI=1S/C24H28N4O4/c1-16-7-6-12-27(14-16)23-18-8-4-5-9-20(18)28(24(30)26-23)15-22(29)25-19-11-10-17(31-2)13-21(19)32-3/h4-5,8-11,13,16H,6-7,12,14-15H2,1-3H3,(H,25,29). The molecule has 0 bridgehead atoms. The average molecular weight is 437 g/mol. The summed E-state index contributed by atoms with van der Waals surface area (Å²) in [5, 5.41) is 3.69. The van der Waals surface area contributed by atoms with Crippen LogP contribution in [0.5, 0.6) is 11.5 Å². The lowest BCUT2D eigenvalue weighted by Crippen LogP contribution is -2.38. The molecule has 8 nitrogen and oxygen atoms in total. The lowest BCUT2D eigenvalue weighted by atomic mass is 10.00. The zero-order valence-corrected chi connectivity index (χ0v) is 18.6. The van der Waals surface area contributed by atoms with Crippen molar-refractivity contribution < 1.29 is 14.3 Å². The van der Waals surface area contributed by atoms with E-state index in [0.717, 1.165) is 24.9 Å². The highest BCUT2D eigenvalue weighted by atomic mass is 16.5. The van der Waals surface area contributed by atoms with Crippen LogP contribution in [0.2, 0.25) is 0 Å². The van der Waals surface area contributed by atoms with Crippen molar-refractivity contribution in [1.29, 1.82) is 0 Å². The second-order valence-corrected chi connectivity index (χ2v) is 8.13. The Morgan fingerprint density at radius 2 is 2.00 bits per heavy atom. The van der Waals surface area contributed by atoms with Crippen LogP contribution in [0.15, 0.2) is 47.3 Å². The summed E-state index contributed by atoms with van der Waals surface area (Å²) in [6.07, 6.45) is 2.26. The summed E-state index contributed by atoms with van der Waals surface area (Å²) in [5.41, 5.74) is 0.758. The molecule has 0 spiro atoms. The number of aromatic nitrogens is 2. The summed E-state index contributed by atoms with van der Waals surface area (Å²) >= 11 is 0. The van der Waals surface area contributed by atoms with Gasteiger partial charge in [-0.25, -0.2) is 4.79 Å². The van der Waals surface area contributed by atoms with E-state index in [2.05, 4.69) is 22.1 Å².